The summed E-state index contributed by atoms with van der Waals surface area (Å²) in [6.45, 7) is 17.8. The number of carbonyl (C=O) groups excluding carboxylic acids is 5. The van der Waals surface area contributed by atoms with Crippen molar-refractivity contribution in [3.63, 3.8) is 0 Å². The van der Waals surface area contributed by atoms with E-state index in [1.807, 2.05) is 38.1 Å². The molecule has 1 aromatic heterocycles. The van der Waals surface area contributed by atoms with Gasteiger partial charge in [-0.05, 0) is 110 Å². The fourth-order valence-corrected chi connectivity index (χ4v) is 8.70. The zero-order chi connectivity index (χ0) is 48.7. The minimum Gasteiger partial charge on any atom is -0.448 e. The maximum atomic E-state index is 14.9. The van der Waals surface area contributed by atoms with Crippen LogP contribution < -0.4 is 20.9 Å². The van der Waals surface area contributed by atoms with Crippen LogP contribution in [0.1, 0.15) is 106 Å². The summed E-state index contributed by atoms with van der Waals surface area (Å²) < 4.78 is 37.3. The number of aromatic amines is 1. The largest absolute Gasteiger partial charge is 0.448 e. The third kappa shape index (κ3) is 12.3. The molecule has 1 unspecified atom stereocenters. The van der Waals surface area contributed by atoms with Gasteiger partial charge in [-0.1, -0.05) is 51.1 Å². The number of likely N-dealkylation sites (N-methyl/N-ethyl adjacent to an activating group) is 1. The Hall–Kier alpha value is -6.20. The number of fused-ring (bicyclic) bond motifs is 4. The zero-order valence-electron chi connectivity index (χ0n) is 40.1. The first-order valence-electron chi connectivity index (χ1n) is 23.7. The number of nitrogens with one attached hydrogen (secondary N) is 4. The minimum absolute atomic E-state index is 0.0457. The summed E-state index contributed by atoms with van der Waals surface area (Å²) >= 11 is 0. The Morgan fingerprint density at radius 1 is 0.809 bits per heavy atom. The lowest BCUT2D eigenvalue weighted by atomic mass is 9.95. The Morgan fingerprint density at radius 3 is 2.29 bits per heavy atom. The summed E-state index contributed by atoms with van der Waals surface area (Å²) in [4.78, 5) is 74.7. The Labute approximate surface area is 398 Å². The van der Waals surface area contributed by atoms with Gasteiger partial charge in [0.15, 0.2) is 0 Å². The van der Waals surface area contributed by atoms with Crippen molar-refractivity contribution < 1.29 is 47.3 Å². The van der Waals surface area contributed by atoms with E-state index in [0.29, 0.717) is 106 Å². The van der Waals surface area contributed by atoms with Crippen LogP contribution in [-0.2, 0) is 35.0 Å². The lowest BCUT2D eigenvalue weighted by Crippen LogP contribution is -2.35. The minimum atomic E-state index is -0.968. The number of aromatic nitrogens is 1. The second-order valence-electron chi connectivity index (χ2n) is 16.7. The van der Waals surface area contributed by atoms with Gasteiger partial charge in [0.05, 0.1) is 43.3 Å². The third-order valence-corrected chi connectivity index (χ3v) is 12.2. The molecule has 2 heterocycles. The average Bonchev–Trinajstić information content (AvgIpc) is 3.91. The first kappa shape index (κ1) is 51.2. The number of hydrogen-bond acceptors (Lipinski definition) is 10. The molecule has 16 heteroatoms. The highest BCUT2D eigenvalue weighted by Crippen LogP contribution is 2.47. The third-order valence-electron chi connectivity index (χ3n) is 12.2. The molecular weight excluding hydrogens is 872 g/mol. The number of aryl methyl sites for hydroxylation is 2. The maximum Gasteiger partial charge on any atom is 0.421 e. The summed E-state index contributed by atoms with van der Waals surface area (Å²) in [5.74, 6) is -2.55. The van der Waals surface area contributed by atoms with Crippen molar-refractivity contribution in [3.05, 3.63) is 111 Å². The van der Waals surface area contributed by atoms with Crippen molar-refractivity contribution in [2.24, 2.45) is 0 Å². The first-order chi connectivity index (χ1) is 32.9. The number of anilines is 1. The standard InChI is InChI=1S/C52H65FN6O9/c1-7-24-66-26-22-56-49(61)39-13-11-12-37-43(40-29-35(14-17-38(40)48(37)39)15-19-46(60)54-21-25-67-28-27-65-10-4)32-68-52(64)59-45-18-16-36(53)30-41(45)42(51(59)63)31-44-33(5)47(34(6)57-44)50(62)55-20-23-58(8-2)9-3/h11-14,16-18,29-31,43,57H,7-10,15,19-28,32H2,1-6H3,(H,54,60)(H,55,62)(H,56,61)/b42-31-. The van der Waals surface area contributed by atoms with Crippen molar-refractivity contribution >= 4 is 47.1 Å². The van der Waals surface area contributed by atoms with Crippen LogP contribution in [0.4, 0.5) is 14.9 Å². The van der Waals surface area contributed by atoms with Gasteiger partial charge in [0.1, 0.15) is 12.4 Å². The van der Waals surface area contributed by atoms with Crippen molar-refractivity contribution in [1.82, 2.24) is 25.8 Å². The number of amides is 5. The van der Waals surface area contributed by atoms with Crippen molar-refractivity contribution in [2.45, 2.75) is 66.7 Å². The summed E-state index contributed by atoms with van der Waals surface area (Å²) in [5.41, 5.74) is 6.82. The van der Waals surface area contributed by atoms with Crippen molar-refractivity contribution in [1.29, 1.82) is 0 Å². The van der Waals surface area contributed by atoms with E-state index in [1.165, 1.54) is 24.3 Å². The molecule has 0 saturated heterocycles. The smallest absolute Gasteiger partial charge is 0.421 e. The zero-order valence-corrected chi connectivity index (χ0v) is 40.1. The molecule has 364 valence electrons. The van der Waals surface area contributed by atoms with Gasteiger partial charge in [-0.2, -0.15) is 0 Å². The second-order valence-corrected chi connectivity index (χ2v) is 16.7. The van der Waals surface area contributed by atoms with Crippen LogP contribution in [0, 0.1) is 19.7 Å². The van der Waals surface area contributed by atoms with Gasteiger partial charge in [0.25, 0.3) is 17.7 Å². The Bertz CT molecular complexity index is 2480. The van der Waals surface area contributed by atoms with E-state index >= 15 is 0 Å². The van der Waals surface area contributed by atoms with E-state index in [-0.39, 0.29) is 47.6 Å². The van der Waals surface area contributed by atoms with Crippen molar-refractivity contribution in [2.75, 3.05) is 90.4 Å². The molecule has 68 heavy (non-hydrogen) atoms. The molecule has 0 fully saturated rings. The van der Waals surface area contributed by atoms with Gasteiger partial charge in [0.2, 0.25) is 5.91 Å². The molecule has 2 aliphatic rings. The van der Waals surface area contributed by atoms with Crippen LogP contribution in [0.15, 0.2) is 54.6 Å². The first-order valence-corrected chi connectivity index (χ1v) is 23.7. The van der Waals surface area contributed by atoms with Gasteiger partial charge in [-0.3, -0.25) is 19.2 Å². The lowest BCUT2D eigenvalue weighted by molar-refractivity contribution is -0.121. The monoisotopic (exact) mass is 936 g/mol. The predicted octanol–water partition coefficient (Wildman–Crippen LogP) is 6.94. The number of rotatable bonds is 25. The lowest BCUT2D eigenvalue weighted by Gasteiger charge is -2.19. The molecular formula is C52H65FN6O9. The summed E-state index contributed by atoms with van der Waals surface area (Å²) in [7, 11) is 0. The van der Waals surface area contributed by atoms with Crippen LogP contribution in [0.5, 0.6) is 0 Å². The molecule has 1 atom stereocenters. The SMILES string of the molecule is CCCOCCNC(=O)c1cccc2c1-c1ccc(CCC(=O)NCCOCCOCC)cc1C2COC(=O)N1C(=O)/C(=C\c2[nH]c(C)c(C(=O)NCCN(CC)CC)c2C)c2cc(F)ccc21. The fourth-order valence-electron chi connectivity index (χ4n) is 8.70. The molecule has 4 N–H and O–H groups in total. The quantitative estimate of drug-likeness (QED) is 0.0402. The van der Waals surface area contributed by atoms with E-state index in [2.05, 4.69) is 39.7 Å². The molecule has 6 rings (SSSR count). The number of nitrogens with zero attached hydrogens (tertiary/aromatic N) is 2. The summed E-state index contributed by atoms with van der Waals surface area (Å²) in [5, 5.41) is 8.83. The molecule has 15 nitrogen and oxygen atoms in total. The Balaban J connectivity index is 1.22. The highest BCUT2D eigenvalue weighted by molar-refractivity contribution is 6.41. The van der Waals surface area contributed by atoms with Gasteiger partial charge in [0, 0.05) is 74.2 Å². The van der Waals surface area contributed by atoms with Crippen LogP contribution in [-0.4, -0.2) is 125 Å². The fraction of sp³-hybridized carbons (Fsp3) is 0.442. The highest BCUT2D eigenvalue weighted by atomic mass is 19.1. The molecule has 1 aliphatic heterocycles. The topological polar surface area (TPSA) is 181 Å². The molecule has 0 bridgehead atoms. The normalized spacial score (nSPS) is 14.3. The predicted molar refractivity (Wildman–Crippen MR) is 259 cm³/mol. The average molecular weight is 937 g/mol. The molecule has 0 saturated carbocycles. The number of H-pyrrole nitrogens is 1. The van der Waals surface area contributed by atoms with E-state index in [1.54, 1.807) is 26.0 Å². The van der Waals surface area contributed by atoms with E-state index in [9.17, 15) is 28.4 Å². The maximum absolute atomic E-state index is 14.9. The summed E-state index contributed by atoms with van der Waals surface area (Å²) in [6, 6.07) is 15.0. The number of hydrogen-bond donors (Lipinski definition) is 4. The van der Waals surface area contributed by atoms with Gasteiger partial charge >= 0.3 is 6.09 Å². The number of benzene rings is 3. The van der Waals surface area contributed by atoms with Crippen molar-refractivity contribution in [3.8, 4) is 11.1 Å². The molecule has 5 amide bonds. The Kier molecular flexibility index (Phi) is 18.6. The number of halogens is 1. The van der Waals surface area contributed by atoms with Crippen LogP contribution in [0.25, 0.3) is 22.8 Å². The van der Waals surface area contributed by atoms with E-state index in [4.69, 9.17) is 18.9 Å². The van der Waals surface area contributed by atoms with Gasteiger partial charge in [-0.25, -0.2) is 14.1 Å². The molecule has 3 aromatic carbocycles. The summed E-state index contributed by atoms with van der Waals surface area (Å²) in [6.07, 6.45) is 2.07. The Morgan fingerprint density at radius 2 is 1.54 bits per heavy atom. The molecule has 1 aliphatic carbocycles. The van der Waals surface area contributed by atoms with Crippen LogP contribution >= 0.6 is 0 Å². The van der Waals surface area contributed by atoms with E-state index < -0.39 is 23.7 Å². The molecule has 4 aromatic rings. The highest BCUT2D eigenvalue weighted by Gasteiger charge is 2.40. The van der Waals surface area contributed by atoms with Crippen LogP contribution in [0.3, 0.4) is 0 Å². The molecule has 0 spiro atoms. The molecule has 0 radical (unpaired) electrons. The van der Waals surface area contributed by atoms with Gasteiger partial charge in [-0.15, -0.1) is 0 Å². The second kappa shape index (κ2) is 24.7. The number of carbonyl (C=O) groups is 5. The van der Waals surface area contributed by atoms with E-state index in [0.717, 1.165) is 46.7 Å². The number of imide groups is 1. The van der Waals surface area contributed by atoms with Gasteiger partial charge < -0.3 is 44.8 Å². The number of ether oxygens (including phenoxy) is 4. The van der Waals surface area contributed by atoms with Crippen LogP contribution in [0.2, 0.25) is 0 Å².